The van der Waals surface area contributed by atoms with Gasteiger partial charge < -0.3 is 25.0 Å². The molecule has 0 unspecified atom stereocenters. The van der Waals surface area contributed by atoms with Crippen LogP contribution < -0.4 is 15.4 Å². The second-order valence-corrected chi connectivity index (χ2v) is 6.32. The Kier molecular flexibility index (Phi) is 11.4. The van der Waals surface area contributed by atoms with Crippen molar-refractivity contribution in [1.29, 1.82) is 0 Å². The molecule has 6 nitrogen and oxygen atoms in total. The highest BCUT2D eigenvalue weighted by atomic mass is 19.4. The van der Waals surface area contributed by atoms with Gasteiger partial charge in [-0.25, -0.2) is 4.99 Å². The Morgan fingerprint density at radius 3 is 2.46 bits per heavy atom. The molecule has 1 aromatic carbocycles. The van der Waals surface area contributed by atoms with Gasteiger partial charge in [0, 0.05) is 39.9 Å². The number of rotatable bonds is 12. The highest BCUT2D eigenvalue weighted by Gasteiger charge is 2.28. The van der Waals surface area contributed by atoms with Crippen LogP contribution in [0, 0.1) is 0 Å². The van der Waals surface area contributed by atoms with E-state index in [4.69, 9.17) is 9.47 Å². The minimum absolute atomic E-state index is 0.187. The standard InChI is InChI=1S/C19H31F3N4O2/c1-4-23-18(24-10-12-26(2)11-5-13-27-3)25-14-16-6-8-17(9-7-16)28-15-19(20,21)22/h6-9H,4-5,10-15H2,1-3H3,(H2,23,24,25). The summed E-state index contributed by atoms with van der Waals surface area (Å²) in [4.78, 5) is 6.72. The number of nitrogens with one attached hydrogen (secondary N) is 2. The summed E-state index contributed by atoms with van der Waals surface area (Å²) in [6.07, 6.45) is -3.35. The van der Waals surface area contributed by atoms with Gasteiger partial charge in [0.2, 0.25) is 0 Å². The first-order valence-corrected chi connectivity index (χ1v) is 9.32. The number of benzene rings is 1. The zero-order chi connectivity index (χ0) is 20.8. The van der Waals surface area contributed by atoms with Crippen LogP contribution in [0.4, 0.5) is 13.2 Å². The average Bonchev–Trinajstić information content (AvgIpc) is 2.65. The molecule has 9 heteroatoms. The number of guanidine groups is 1. The molecule has 160 valence electrons. The molecule has 0 saturated heterocycles. The van der Waals surface area contributed by atoms with Crippen LogP contribution >= 0.6 is 0 Å². The van der Waals surface area contributed by atoms with Crippen molar-refractivity contribution in [3.8, 4) is 5.75 Å². The third-order valence-electron chi connectivity index (χ3n) is 3.76. The maximum Gasteiger partial charge on any atom is 0.422 e. The van der Waals surface area contributed by atoms with Crippen LogP contribution in [0.1, 0.15) is 18.9 Å². The number of nitrogens with zero attached hydrogens (tertiary/aromatic N) is 2. The van der Waals surface area contributed by atoms with Gasteiger partial charge in [0.25, 0.3) is 0 Å². The van der Waals surface area contributed by atoms with Crippen LogP contribution in [-0.4, -0.2) is 70.6 Å². The summed E-state index contributed by atoms with van der Waals surface area (Å²) >= 11 is 0. The predicted molar refractivity (Wildman–Crippen MR) is 105 cm³/mol. The molecule has 28 heavy (non-hydrogen) atoms. The fourth-order valence-electron chi connectivity index (χ4n) is 2.32. The van der Waals surface area contributed by atoms with E-state index in [-0.39, 0.29) is 5.75 Å². The van der Waals surface area contributed by atoms with E-state index >= 15 is 0 Å². The summed E-state index contributed by atoms with van der Waals surface area (Å²) in [5, 5.41) is 6.45. The van der Waals surface area contributed by atoms with Gasteiger partial charge in [-0.3, -0.25) is 0 Å². The van der Waals surface area contributed by atoms with E-state index in [9.17, 15) is 13.2 Å². The summed E-state index contributed by atoms with van der Waals surface area (Å²) in [6.45, 7) is 5.19. The van der Waals surface area contributed by atoms with Gasteiger partial charge in [0.1, 0.15) is 5.75 Å². The predicted octanol–water partition coefficient (Wildman–Crippen LogP) is 2.65. The third-order valence-corrected chi connectivity index (χ3v) is 3.76. The van der Waals surface area contributed by atoms with E-state index in [1.54, 1.807) is 19.2 Å². The van der Waals surface area contributed by atoms with Crippen molar-refractivity contribution in [2.75, 3.05) is 53.6 Å². The van der Waals surface area contributed by atoms with Crippen molar-refractivity contribution in [2.45, 2.75) is 26.1 Å². The van der Waals surface area contributed by atoms with Crippen LogP contribution in [0.5, 0.6) is 5.75 Å². The molecule has 0 aliphatic rings. The largest absolute Gasteiger partial charge is 0.484 e. The number of methoxy groups -OCH3 is 1. The molecule has 2 N–H and O–H groups in total. The van der Waals surface area contributed by atoms with Crippen molar-refractivity contribution in [2.24, 2.45) is 4.99 Å². The molecule has 0 saturated carbocycles. The van der Waals surface area contributed by atoms with Gasteiger partial charge in [0.05, 0.1) is 6.54 Å². The molecule has 0 heterocycles. The quantitative estimate of drug-likeness (QED) is 0.319. The topological polar surface area (TPSA) is 58.1 Å². The Morgan fingerprint density at radius 2 is 1.86 bits per heavy atom. The minimum atomic E-state index is -4.34. The number of aliphatic imine (C=N–C) groups is 1. The van der Waals surface area contributed by atoms with Crippen LogP contribution in [-0.2, 0) is 11.3 Å². The molecule has 0 fully saturated rings. The summed E-state index contributed by atoms with van der Waals surface area (Å²) in [6, 6.07) is 6.46. The minimum Gasteiger partial charge on any atom is -0.484 e. The van der Waals surface area contributed by atoms with Crippen molar-refractivity contribution in [3.63, 3.8) is 0 Å². The van der Waals surface area contributed by atoms with E-state index in [2.05, 4.69) is 27.6 Å². The van der Waals surface area contributed by atoms with Crippen molar-refractivity contribution in [3.05, 3.63) is 29.8 Å². The molecule has 0 aliphatic carbocycles. The van der Waals surface area contributed by atoms with Gasteiger partial charge >= 0.3 is 6.18 Å². The van der Waals surface area contributed by atoms with E-state index in [0.29, 0.717) is 12.5 Å². The number of halogens is 3. The molecule has 0 spiro atoms. The molecule has 0 aromatic heterocycles. The van der Waals surface area contributed by atoms with E-state index in [1.165, 1.54) is 12.1 Å². The Bertz CT molecular complexity index is 565. The molecular formula is C19H31F3N4O2. The zero-order valence-electron chi connectivity index (χ0n) is 16.8. The lowest BCUT2D eigenvalue weighted by molar-refractivity contribution is -0.153. The first-order chi connectivity index (χ1) is 13.3. The van der Waals surface area contributed by atoms with Crippen molar-refractivity contribution < 1.29 is 22.6 Å². The van der Waals surface area contributed by atoms with E-state index in [1.807, 2.05) is 6.92 Å². The maximum atomic E-state index is 12.2. The fourth-order valence-corrected chi connectivity index (χ4v) is 2.32. The van der Waals surface area contributed by atoms with Crippen LogP contribution in [0.25, 0.3) is 0 Å². The lowest BCUT2D eigenvalue weighted by atomic mass is 10.2. The highest BCUT2D eigenvalue weighted by Crippen LogP contribution is 2.19. The van der Waals surface area contributed by atoms with Crippen molar-refractivity contribution in [1.82, 2.24) is 15.5 Å². The SMILES string of the molecule is CCNC(=NCc1ccc(OCC(F)(F)F)cc1)NCCN(C)CCCOC. The molecule has 0 radical (unpaired) electrons. The number of hydrogen-bond acceptors (Lipinski definition) is 4. The summed E-state index contributed by atoms with van der Waals surface area (Å²) in [5.74, 6) is 0.886. The molecule has 1 rings (SSSR count). The summed E-state index contributed by atoms with van der Waals surface area (Å²) in [5.41, 5.74) is 0.883. The Morgan fingerprint density at radius 1 is 1.14 bits per heavy atom. The Balaban J connectivity index is 2.44. The Hall–Kier alpha value is -2.00. The van der Waals surface area contributed by atoms with Gasteiger partial charge in [0.15, 0.2) is 12.6 Å². The van der Waals surface area contributed by atoms with Gasteiger partial charge in [-0.05, 0) is 38.1 Å². The monoisotopic (exact) mass is 404 g/mol. The molecule has 0 bridgehead atoms. The lowest BCUT2D eigenvalue weighted by Gasteiger charge is -2.18. The fraction of sp³-hybridized carbons (Fsp3) is 0.632. The van der Waals surface area contributed by atoms with Crippen LogP contribution in [0.2, 0.25) is 0 Å². The molecular weight excluding hydrogens is 373 g/mol. The molecule has 0 amide bonds. The zero-order valence-corrected chi connectivity index (χ0v) is 16.8. The lowest BCUT2D eigenvalue weighted by Crippen LogP contribution is -2.41. The van der Waals surface area contributed by atoms with Gasteiger partial charge in [-0.15, -0.1) is 0 Å². The second kappa shape index (κ2) is 13.2. The summed E-state index contributed by atoms with van der Waals surface area (Å²) < 4.78 is 46.2. The maximum absolute atomic E-state index is 12.2. The van der Waals surface area contributed by atoms with Crippen LogP contribution in [0.3, 0.4) is 0 Å². The van der Waals surface area contributed by atoms with E-state index in [0.717, 1.165) is 44.8 Å². The normalized spacial score (nSPS) is 12.3. The highest BCUT2D eigenvalue weighted by molar-refractivity contribution is 5.79. The smallest absolute Gasteiger partial charge is 0.422 e. The molecule has 1 aromatic rings. The van der Waals surface area contributed by atoms with E-state index < -0.39 is 12.8 Å². The average molecular weight is 404 g/mol. The number of hydrogen-bond donors (Lipinski definition) is 2. The van der Waals surface area contributed by atoms with Crippen molar-refractivity contribution >= 4 is 5.96 Å². The second-order valence-electron chi connectivity index (χ2n) is 6.32. The third kappa shape index (κ3) is 11.7. The van der Waals surface area contributed by atoms with Gasteiger partial charge in [-0.1, -0.05) is 12.1 Å². The number of likely N-dealkylation sites (N-methyl/N-ethyl adjacent to an activating group) is 1. The van der Waals surface area contributed by atoms with Crippen LogP contribution in [0.15, 0.2) is 29.3 Å². The first-order valence-electron chi connectivity index (χ1n) is 9.32. The number of ether oxygens (including phenoxy) is 2. The summed E-state index contributed by atoms with van der Waals surface area (Å²) in [7, 11) is 3.76. The first kappa shape index (κ1) is 24.0. The Labute approximate surface area is 165 Å². The molecule has 0 aliphatic heterocycles. The molecule has 0 atom stereocenters. The van der Waals surface area contributed by atoms with Gasteiger partial charge in [-0.2, -0.15) is 13.2 Å². The number of alkyl halides is 3.